The highest BCUT2D eigenvalue weighted by atomic mass is 32.2. The van der Waals surface area contributed by atoms with Crippen LogP contribution >= 0.6 is 11.8 Å². The molecular formula is C17H19F3N4OS. The van der Waals surface area contributed by atoms with Crippen LogP contribution in [0.3, 0.4) is 0 Å². The van der Waals surface area contributed by atoms with Crippen LogP contribution in [0.25, 0.3) is 5.69 Å². The van der Waals surface area contributed by atoms with Gasteiger partial charge in [-0.15, -0.1) is 0 Å². The second-order valence-corrected chi connectivity index (χ2v) is 7.23. The fourth-order valence-corrected chi connectivity index (χ4v) is 3.79. The first kappa shape index (κ1) is 18.8. The minimum atomic E-state index is -4.51. The quantitative estimate of drug-likeness (QED) is 0.850. The van der Waals surface area contributed by atoms with Crippen LogP contribution < -0.4 is 10.6 Å². The molecule has 1 unspecified atom stereocenters. The van der Waals surface area contributed by atoms with Crippen molar-refractivity contribution in [3.05, 3.63) is 41.6 Å². The number of hydrogen-bond donors (Lipinski definition) is 2. The van der Waals surface area contributed by atoms with E-state index in [1.807, 2.05) is 0 Å². The average molecular weight is 384 g/mol. The van der Waals surface area contributed by atoms with Gasteiger partial charge >= 0.3 is 6.18 Å². The summed E-state index contributed by atoms with van der Waals surface area (Å²) in [6.07, 6.45) is -4.25. The van der Waals surface area contributed by atoms with E-state index < -0.39 is 11.7 Å². The number of rotatable bonds is 4. The van der Waals surface area contributed by atoms with E-state index in [0.29, 0.717) is 5.69 Å². The molecule has 1 amide bonds. The van der Waals surface area contributed by atoms with Gasteiger partial charge in [-0.2, -0.15) is 30.0 Å². The Morgan fingerprint density at radius 2 is 2.19 bits per heavy atom. The van der Waals surface area contributed by atoms with Crippen molar-refractivity contribution in [3.63, 3.8) is 0 Å². The second kappa shape index (κ2) is 7.71. The number of carbonyl (C=O) groups is 1. The van der Waals surface area contributed by atoms with Gasteiger partial charge in [0.25, 0.3) is 0 Å². The number of benzene rings is 1. The van der Waals surface area contributed by atoms with Crippen molar-refractivity contribution in [2.75, 3.05) is 23.4 Å². The molecule has 0 radical (unpaired) electrons. The van der Waals surface area contributed by atoms with Crippen molar-refractivity contribution in [3.8, 4) is 5.69 Å². The Kier molecular flexibility index (Phi) is 5.57. The molecule has 26 heavy (non-hydrogen) atoms. The molecular weight excluding hydrogens is 365 g/mol. The smallest absolute Gasteiger partial charge is 0.312 e. The molecule has 1 saturated heterocycles. The lowest BCUT2D eigenvalue weighted by atomic mass is 10.1. The number of alkyl halides is 3. The minimum Gasteiger partial charge on any atom is -0.312 e. The first-order valence-corrected chi connectivity index (χ1v) is 9.34. The Balaban J connectivity index is 1.84. The molecule has 1 aromatic carbocycles. The van der Waals surface area contributed by atoms with Crippen molar-refractivity contribution < 1.29 is 18.0 Å². The highest BCUT2D eigenvalue weighted by Gasteiger charge is 2.34. The molecule has 0 spiro atoms. The van der Waals surface area contributed by atoms with Gasteiger partial charge in [0.2, 0.25) is 5.91 Å². The third-order valence-corrected chi connectivity index (χ3v) is 5.10. The molecule has 5 nitrogen and oxygen atoms in total. The highest BCUT2D eigenvalue weighted by molar-refractivity contribution is 7.99. The van der Waals surface area contributed by atoms with Crippen molar-refractivity contribution >= 4 is 23.5 Å². The number of nitrogens with zero attached hydrogens (tertiary/aromatic N) is 2. The third kappa shape index (κ3) is 4.39. The van der Waals surface area contributed by atoms with Crippen molar-refractivity contribution in [1.82, 2.24) is 15.1 Å². The van der Waals surface area contributed by atoms with Gasteiger partial charge in [0.1, 0.15) is 5.82 Å². The Morgan fingerprint density at radius 3 is 2.88 bits per heavy atom. The van der Waals surface area contributed by atoms with Crippen LogP contribution in [-0.2, 0) is 11.0 Å². The van der Waals surface area contributed by atoms with E-state index in [1.54, 1.807) is 24.8 Å². The zero-order chi connectivity index (χ0) is 18.7. The van der Waals surface area contributed by atoms with Crippen LogP contribution in [0.15, 0.2) is 30.3 Å². The van der Waals surface area contributed by atoms with Gasteiger partial charge in [-0.1, -0.05) is 12.1 Å². The molecule has 1 aliphatic heterocycles. The van der Waals surface area contributed by atoms with Gasteiger partial charge in [0.05, 0.1) is 16.9 Å². The zero-order valence-electron chi connectivity index (χ0n) is 14.1. The number of hydrogen-bond acceptors (Lipinski definition) is 4. The van der Waals surface area contributed by atoms with Crippen LogP contribution in [-0.4, -0.2) is 39.8 Å². The van der Waals surface area contributed by atoms with Crippen molar-refractivity contribution in [2.45, 2.75) is 25.6 Å². The largest absolute Gasteiger partial charge is 0.418 e. The lowest BCUT2D eigenvalue weighted by Gasteiger charge is -2.22. The number of aryl methyl sites for hydroxylation is 1. The fourth-order valence-electron chi connectivity index (χ4n) is 2.84. The second-order valence-electron chi connectivity index (χ2n) is 6.08. The maximum atomic E-state index is 13.3. The molecule has 0 saturated carbocycles. The topological polar surface area (TPSA) is 59.0 Å². The number of para-hydroxylation sites is 1. The third-order valence-electron chi connectivity index (χ3n) is 3.97. The molecule has 2 heterocycles. The zero-order valence-corrected chi connectivity index (χ0v) is 15.0. The van der Waals surface area contributed by atoms with E-state index in [2.05, 4.69) is 15.7 Å². The Morgan fingerprint density at radius 1 is 1.42 bits per heavy atom. The predicted molar refractivity (Wildman–Crippen MR) is 95.7 cm³/mol. The molecule has 2 N–H and O–H groups in total. The van der Waals surface area contributed by atoms with Crippen molar-refractivity contribution in [1.29, 1.82) is 0 Å². The summed E-state index contributed by atoms with van der Waals surface area (Å²) in [4.78, 5) is 12.3. The summed E-state index contributed by atoms with van der Waals surface area (Å²) >= 11 is 1.78. The number of carbonyl (C=O) groups excluding carboxylic acids is 1. The first-order valence-electron chi connectivity index (χ1n) is 8.19. The Hall–Kier alpha value is -2.00. The number of amides is 1. The summed E-state index contributed by atoms with van der Waals surface area (Å²) in [7, 11) is 0. The average Bonchev–Trinajstić information content (AvgIpc) is 2.95. The van der Waals surface area contributed by atoms with Gasteiger partial charge in [0.15, 0.2) is 0 Å². The van der Waals surface area contributed by atoms with Crippen LogP contribution in [0.2, 0.25) is 0 Å². The number of halogens is 3. The standard InChI is InChI=1S/C17H19F3N4OS/c1-11-8-15(22-16(25)9-12-10-26-7-6-21-12)24(23-11)14-5-3-2-4-13(14)17(18,19)20/h2-5,8,12,21H,6-7,9-10H2,1H3,(H,22,25). The summed E-state index contributed by atoms with van der Waals surface area (Å²) in [5, 5.41) is 10.1. The van der Waals surface area contributed by atoms with Crippen LogP contribution in [0.4, 0.5) is 19.0 Å². The Labute approximate surface area is 153 Å². The van der Waals surface area contributed by atoms with Gasteiger partial charge in [0, 0.05) is 36.6 Å². The van der Waals surface area contributed by atoms with Gasteiger partial charge in [-0.05, 0) is 19.1 Å². The summed E-state index contributed by atoms with van der Waals surface area (Å²) in [6.45, 7) is 2.51. The summed E-state index contributed by atoms with van der Waals surface area (Å²) in [5.74, 6) is 1.82. The molecule has 1 aromatic heterocycles. The molecule has 2 aromatic rings. The monoisotopic (exact) mass is 384 g/mol. The Bertz CT molecular complexity index is 785. The van der Waals surface area contributed by atoms with Crippen LogP contribution in [0.1, 0.15) is 17.7 Å². The molecule has 140 valence electrons. The van der Waals surface area contributed by atoms with E-state index >= 15 is 0 Å². The minimum absolute atomic E-state index is 0.0636. The van der Waals surface area contributed by atoms with E-state index in [-0.39, 0.29) is 29.9 Å². The van der Waals surface area contributed by atoms with Gasteiger partial charge in [-0.25, -0.2) is 4.68 Å². The fraction of sp³-hybridized carbons (Fsp3) is 0.412. The lowest BCUT2D eigenvalue weighted by molar-refractivity contribution is -0.137. The maximum Gasteiger partial charge on any atom is 0.418 e. The van der Waals surface area contributed by atoms with E-state index in [0.717, 1.165) is 28.8 Å². The van der Waals surface area contributed by atoms with Gasteiger partial charge in [-0.3, -0.25) is 4.79 Å². The number of anilines is 1. The number of thioether (sulfide) groups is 1. The number of aromatic nitrogens is 2. The molecule has 0 bridgehead atoms. The summed E-state index contributed by atoms with van der Waals surface area (Å²) < 4.78 is 41.1. The normalized spacial score (nSPS) is 17.9. The van der Waals surface area contributed by atoms with Crippen molar-refractivity contribution in [2.24, 2.45) is 0 Å². The van der Waals surface area contributed by atoms with Crippen LogP contribution in [0, 0.1) is 6.92 Å². The molecule has 3 rings (SSSR count). The predicted octanol–water partition coefficient (Wildman–Crippen LogP) is 3.23. The number of nitrogens with one attached hydrogen (secondary N) is 2. The molecule has 1 aliphatic rings. The SMILES string of the molecule is Cc1cc(NC(=O)CC2CSCCN2)n(-c2ccccc2C(F)(F)F)n1. The summed E-state index contributed by atoms with van der Waals surface area (Å²) in [5.41, 5.74) is -0.401. The summed E-state index contributed by atoms with van der Waals surface area (Å²) in [6, 6.07) is 6.80. The molecule has 1 atom stereocenters. The molecule has 0 aliphatic carbocycles. The lowest BCUT2D eigenvalue weighted by Crippen LogP contribution is -2.40. The molecule has 1 fully saturated rings. The van der Waals surface area contributed by atoms with Gasteiger partial charge < -0.3 is 10.6 Å². The van der Waals surface area contributed by atoms with E-state index in [1.165, 1.54) is 18.2 Å². The highest BCUT2D eigenvalue weighted by Crippen LogP contribution is 2.34. The molecule has 9 heteroatoms. The maximum absolute atomic E-state index is 13.3. The van der Waals surface area contributed by atoms with E-state index in [9.17, 15) is 18.0 Å². The van der Waals surface area contributed by atoms with Crippen LogP contribution in [0.5, 0.6) is 0 Å². The van der Waals surface area contributed by atoms with E-state index in [4.69, 9.17) is 0 Å². The first-order chi connectivity index (χ1) is 12.3.